The van der Waals surface area contributed by atoms with Crippen LogP contribution in [0.15, 0.2) is 18.2 Å². The first kappa shape index (κ1) is 11.3. The number of aryl methyl sites for hydroxylation is 2. The predicted octanol–water partition coefficient (Wildman–Crippen LogP) is 1.86. The van der Waals surface area contributed by atoms with Gasteiger partial charge in [0.05, 0.1) is 11.0 Å². The van der Waals surface area contributed by atoms with Gasteiger partial charge in [-0.15, -0.1) is 10.2 Å². The Morgan fingerprint density at radius 2 is 2.17 bits per heavy atom. The predicted molar refractivity (Wildman–Crippen MR) is 72.2 cm³/mol. The van der Waals surface area contributed by atoms with Gasteiger partial charge in [0.2, 0.25) is 0 Å². The van der Waals surface area contributed by atoms with Crippen molar-refractivity contribution in [1.82, 2.24) is 19.7 Å². The lowest BCUT2D eigenvalue weighted by atomic mass is 10.2. The molecular formula is C12H13N5S. The van der Waals surface area contributed by atoms with Gasteiger partial charge in [0.25, 0.3) is 0 Å². The average Bonchev–Trinajstić information content (AvgIpc) is 2.95. The van der Waals surface area contributed by atoms with Crippen molar-refractivity contribution in [2.24, 2.45) is 12.8 Å². The summed E-state index contributed by atoms with van der Waals surface area (Å²) in [6.07, 6.45) is 0. The summed E-state index contributed by atoms with van der Waals surface area (Å²) in [6.45, 7) is 2.43. The Morgan fingerprint density at radius 1 is 1.33 bits per heavy atom. The summed E-state index contributed by atoms with van der Waals surface area (Å²) in [6, 6.07) is 6.15. The van der Waals surface area contributed by atoms with E-state index in [1.54, 1.807) is 0 Å². The molecule has 0 aliphatic heterocycles. The van der Waals surface area contributed by atoms with Crippen LogP contribution in [0.3, 0.4) is 0 Å². The van der Waals surface area contributed by atoms with Crippen molar-refractivity contribution in [1.29, 1.82) is 0 Å². The Balaban J connectivity index is 2.13. The SMILES string of the molecule is Cc1nc2cc(-c3nnc(CN)s3)ccc2n1C. The lowest BCUT2D eigenvalue weighted by Crippen LogP contribution is -1.94. The maximum atomic E-state index is 5.55. The molecule has 0 amide bonds. The minimum atomic E-state index is 0.433. The molecule has 2 heterocycles. The largest absolute Gasteiger partial charge is 0.331 e. The average molecular weight is 259 g/mol. The van der Waals surface area contributed by atoms with Gasteiger partial charge in [-0.1, -0.05) is 11.3 Å². The third-order valence-corrected chi connectivity index (χ3v) is 3.99. The number of benzene rings is 1. The third-order valence-electron chi connectivity index (χ3n) is 2.99. The zero-order chi connectivity index (χ0) is 12.7. The van der Waals surface area contributed by atoms with Gasteiger partial charge in [-0.25, -0.2) is 4.98 Å². The van der Waals surface area contributed by atoms with Crippen LogP contribution in [0.5, 0.6) is 0 Å². The number of rotatable bonds is 2. The van der Waals surface area contributed by atoms with Crippen molar-refractivity contribution in [3.8, 4) is 10.6 Å². The van der Waals surface area contributed by atoms with E-state index in [1.807, 2.05) is 26.1 Å². The Morgan fingerprint density at radius 3 is 2.89 bits per heavy atom. The number of nitrogens with zero attached hydrogens (tertiary/aromatic N) is 4. The summed E-state index contributed by atoms with van der Waals surface area (Å²) in [5.41, 5.74) is 8.69. The second kappa shape index (κ2) is 4.15. The molecule has 3 rings (SSSR count). The van der Waals surface area contributed by atoms with E-state index < -0.39 is 0 Å². The molecule has 2 aromatic heterocycles. The lowest BCUT2D eigenvalue weighted by Gasteiger charge is -1.97. The molecule has 5 nitrogen and oxygen atoms in total. The first-order valence-corrected chi connectivity index (χ1v) is 6.46. The summed E-state index contributed by atoms with van der Waals surface area (Å²) in [5.74, 6) is 1.00. The highest BCUT2D eigenvalue weighted by molar-refractivity contribution is 7.14. The number of fused-ring (bicyclic) bond motifs is 1. The molecule has 2 N–H and O–H groups in total. The number of nitrogens with two attached hydrogens (primary N) is 1. The molecule has 6 heteroatoms. The van der Waals surface area contributed by atoms with Crippen LogP contribution in [-0.2, 0) is 13.6 Å². The van der Waals surface area contributed by atoms with Crippen LogP contribution >= 0.6 is 11.3 Å². The minimum absolute atomic E-state index is 0.433. The second-order valence-electron chi connectivity index (χ2n) is 4.13. The Bertz CT molecular complexity index is 712. The Labute approximate surface area is 108 Å². The van der Waals surface area contributed by atoms with Gasteiger partial charge in [-0.2, -0.15) is 0 Å². The lowest BCUT2D eigenvalue weighted by molar-refractivity contribution is 0.886. The highest BCUT2D eigenvalue weighted by Gasteiger charge is 2.09. The molecular weight excluding hydrogens is 246 g/mol. The molecule has 0 aliphatic carbocycles. The minimum Gasteiger partial charge on any atom is -0.331 e. The van der Waals surface area contributed by atoms with Crippen LogP contribution in [0.25, 0.3) is 21.6 Å². The molecule has 18 heavy (non-hydrogen) atoms. The van der Waals surface area contributed by atoms with Crippen LogP contribution in [0, 0.1) is 6.92 Å². The molecule has 0 bridgehead atoms. The highest BCUT2D eigenvalue weighted by atomic mass is 32.1. The van der Waals surface area contributed by atoms with Crippen LogP contribution in [-0.4, -0.2) is 19.7 Å². The van der Waals surface area contributed by atoms with Crippen molar-refractivity contribution < 1.29 is 0 Å². The Hall–Kier alpha value is -1.79. The number of hydrogen-bond acceptors (Lipinski definition) is 5. The van der Waals surface area contributed by atoms with Gasteiger partial charge in [0, 0.05) is 19.2 Å². The van der Waals surface area contributed by atoms with Crippen LogP contribution < -0.4 is 5.73 Å². The zero-order valence-corrected chi connectivity index (χ0v) is 11.0. The van der Waals surface area contributed by atoms with E-state index in [2.05, 4.69) is 25.8 Å². The fourth-order valence-corrected chi connectivity index (χ4v) is 2.62. The summed E-state index contributed by atoms with van der Waals surface area (Å²) < 4.78 is 2.07. The molecule has 0 fully saturated rings. The molecule has 0 radical (unpaired) electrons. The second-order valence-corrected chi connectivity index (χ2v) is 5.19. The molecule has 92 valence electrons. The monoisotopic (exact) mass is 259 g/mol. The van der Waals surface area contributed by atoms with E-state index in [0.29, 0.717) is 6.54 Å². The summed E-state index contributed by atoms with van der Waals surface area (Å²) in [7, 11) is 2.02. The first-order chi connectivity index (χ1) is 8.69. The van der Waals surface area contributed by atoms with E-state index in [0.717, 1.165) is 32.4 Å². The van der Waals surface area contributed by atoms with Crippen molar-refractivity contribution in [3.63, 3.8) is 0 Å². The van der Waals surface area contributed by atoms with Gasteiger partial charge in [0.1, 0.15) is 15.8 Å². The molecule has 1 aromatic carbocycles. The number of aromatic nitrogens is 4. The van der Waals surface area contributed by atoms with Crippen molar-refractivity contribution in [3.05, 3.63) is 29.0 Å². The molecule has 3 aromatic rings. The maximum Gasteiger partial charge on any atom is 0.147 e. The van der Waals surface area contributed by atoms with E-state index >= 15 is 0 Å². The first-order valence-electron chi connectivity index (χ1n) is 5.65. The van der Waals surface area contributed by atoms with E-state index in [1.165, 1.54) is 11.3 Å². The molecule has 0 spiro atoms. The normalized spacial score (nSPS) is 11.3. The summed E-state index contributed by atoms with van der Waals surface area (Å²) >= 11 is 1.52. The van der Waals surface area contributed by atoms with Gasteiger partial charge in [-0.05, 0) is 25.1 Å². The van der Waals surface area contributed by atoms with Crippen LogP contribution in [0.1, 0.15) is 10.8 Å². The smallest absolute Gasteiger partial charge is 0.147 e. The number of imidazole rings is 1. The molecule has 0 saturated heterocycles. The summed E-state index contributed by atoms with van der Waals surface area (Å²) in [4.78, 5) is 4.52. The van der Waals surface area contributed by atoms with Gasteiger partial charge in [0.15, 0.2) is 0 Å². The van der Waals surface area contributed by atoms with Gasteiger partial charge >= 0.3 is 0 Å². The quantitative estimate of drug-likeness (QED) is 0.762. The molecule has 0 unspecified atom stereocenters. The van der Waals surface area contributed by atoms with Crippen LogP contribution in [0.4, 0.5) is 0 Å². The van der Waals surface area contributed by atoms with Gasteiger partial charge in [-0.3, -0.25) is 0 Å². The molecule has 0 saturated carbocycles. The van der Waals surface area contributed by atoms with Crippen molar-refractivity contribution in [2.75, 3.05) is 0 Å². The van der Waals surface area contributed by atoms with Crippen molar-refractivity contribution >= 4 is 22.4 Å². The molecule has 0 atom stereocenters. The standard InChI is InChI=1S/C12H13N5S/c1-7-14-9-5-8(3-4-10(9)17(7)2)12-16-15-11(6-13)18-12/h3-5H,6,13H2,1-2H3. The fraction of sp³-hybridized carbons (Fsp3) is 0.250. The topological polar surface area (TPSA) is 69.6 Å². The van der Waals surface area contributed by atoms with E-state index in [-0.39, 0.29) is 0 Å². The number of hydrogen-bond donors (Lipinski definition) is 1. The van der Waals surface area contributed by atoms with Gasteiger partial charge < -0.3 is 10.3 Å². The van der Waals surface area contributed by atoms with E-state index in [4.69, 9.17) is 5.73 Å². The third kappa shape index (κ3) is 1.70. The highest BCUT2D eigenvalue weighted by Crippen LogP contribution is 2.26. The van der Waals surface area contributed by atoms with Crippen molar-refractivity contribution in [2.45, 2.75) is 13.5 Å². The van der Waals surface area contributed by atoms with E-state index in [9.17, 15) is 0 Å². The fourth-order valence-electron chi connectivity index (χ4n) is 1.91. The van der Waals surface area contributed by atoms with Crippen LogP contribution in [0.2, 0.25) is 0 Å². The summed E-state index contributed by atoms with van der Waals surface area (Å²) in [5, 5.41) is 9.92. The molecule has 0 aliphatic rings. The Kier molecular flexibility index (Phi) is 2.61. The zero-order valence-electron chi connectivity index (χ0n) is 10.2. The maximum absolute atomic E-state index is 5.55.